The summed E-state index contributed by atoms with van der Waals surface area (Å²) in [5.74, 6) is -0.275. The number of aryl methyl sites for hydroxylation is 2. The van der Waals surface area contributed by atoms with E-state index in [-0.39, 0.29) is 5.97 Å². The Morgan fingerprint density at radius 1 is 1.38 bits per heavy atom. The van der Waals surface area contributed by atoms with Crippen LogP contribution < -0.4 is 0 Å². The molecule has 0 N–H and O–H groups in total. The van der Waals surface area contributed by atoms with Crippen molar-refractivity contribution in [1.29, 1.82) is 0 Å². The van der Waals surface area contributed by atoms with Crippen LogP contribution in [0, 0.1) is 0 Å². The minimum Gasteiger partial charge on any atom is -0.463 e. The first-order chi connectivity index (χ1) is 7.79. The second-order valence-corrected chi connectivity index (χ2v) is 3.97. The van der Waals surface area contributed by atoms with Crippen LogP contribution >= 0.6 is 0 Å². The SMILES string of the molecule is CCOC(=O)/C=C/c1ccc2c(c1)CCC2. The van der Waals surface area contributed by atoms with Gasteiger partial charge in [-0.2, -0.15) is 0 Å². The number of carbonyl (C=O) groups is 1. The molecule has 1 aromatic rings. The molecule has 1 aliphatic carbocycles. The van der Waals surface area contributed by atoms with Gasteiger partial charge in [0, 0.05) is 6.08 Å². The maximum absolute atomic E-state index is 11.1. The van der Waals surface area contributed by atoms with Crippen molar-refractivity contribution in [2.24, 2.45) is 0 Å². The van der Waals surface area contributed by atoms with E-state index in [4.69, 9.17) is 4.74 Å². The fraction of sp³-hybridized carbons (Fsp3) is 0.357. The molecule has 1 aliphatic rings. The molecule has 0 radical (unpaired) electrons. The van der Waals surface area contributed by atoms with E-state index in [1.54, 1.807) is 6.92 Å². The summed E-state index contributed by atoms with van der Waals surface area (Å²) >= 11 is 0. The number of ether oxygens (including phenoxy) is 1. The summed E-state index contributed by atoms with van der Waals surface area (Å²) in [6, 6.07) is 6.38. The highest BCUT2D eigenvalue weighted by molar-refractivity contribution is 5.87. The third-order valence-electron chi connectivity index (χ3n) is 2.82. The van der Waals surface area contributed by atoms with Crippen molar-refractivity contribution in [2.45, 2.75) is 26.2 Å². The van der Waals surface area contributed by atoms with Crippen molar-refractivity contribution >= 4 is 12.0 Å². The van der Waals surface area contributed by atoms with Crippen molar-refractivity contribution in [2.75, 3.05) is 6.61 Å². The molecular weight excluding hydrogens is 200 g/mol. The van der Waals surface area contributed by atoms with E-state index in [9.17, 15) is 4.79 Å². The van der Waals surface area contributed by atoms with Crippen LogP contribution in [-0.2, 0) is 22.4 Å². The van der Waals surface area contributed by atoms with Gasteiger partial charge in [-0.05, 0) is 49.0 Å². The molecule has 0 saturated carbocycles. The van der Waals surface area contributed by atoms with Crippen LogP contribution in [0.3, 0.4) is 0 Å². The lowest BCUT2D eigenvalue weighted by Crippen LogP contribution is -1.98. The zero-order chi connectivity index (χ0) is 11.4. The topological polar surface area (TPSA) is 26.3 Å². The van der Waals surface area contributed by atoms with E-state index in [1.807, 2.05) is 6.08 Å². The van der Waals surface area contributed by atoms with Crippen LogP contribution in [0.25, 0.3) is 6.08 Å². The van der Waals surface area contributed by atoms with Crippen LogP contribution in [0.1, 0.15) is 30.0 Å². The summed E-state index contributed by atoms with van der Waals surface area (Å²) in [6.45, 7) is 2.23. The lowest BCUT2D eigenvalue weighted by Gasteiger charge is -2.00. The molecule has 0 fully saturated rings. The van der Waals surface area contributed by atoms with Crippen LogP contribution in [0.15, 0.2) is 24.3 Å². The summed E-state index contributed by atoms with van der Waals surface area (Å²) in [6.07, 6.45) is 6.91. The number of fused-ring (bicyclic) bond motifs is 1. The van der Waals surface area contributed by atoms with Gasteiger partial charge >= 0.3 is 5.97 Å². The van der Waals surface area contributed by atoms with Gasteiger partial charge in [0.05, 0.1) is 6.61 Å². The van der Waals surface area contributed by atoms with Gasteiger partial charge in [0.1, 0.15) is 0 Å². The Bertz CT molecular complexity index is 419. The minimum absolute atomic E-state index is 0.275. The van der Waals surface area contributed by atoms with Crippen LogP contribution in [-0.4, -0.2) is 12.6 Å². The van der Waals surface area contributed by atoms with Crippen LogP contribution in [0.4, 0.5) is 0 Å². The second kappa shape index (κ2) is 4.97. The molecule has 84 valence electrons. The number of esters is 1. The van der Waals surface area contributed by atoms with E-state index in [0.717, 1.165) is 12.0 Å². The summed E-state index contributed by atoms with van der Waals surface area (Å²) < 4.78 is 4.83. The number of hydrogen-bond acceptors (Lipinski definition) is 2. The average molecular weight is 216 g/mol. The second-order valence-electron chi connectivity index (χ2n) is 3.97. The molecule has 16 heavy (non-hydrogen) atoms. The molecule has 1 aromatic carbocycles. The molecule has 0 unspecified atom stereocenters. The Balaban J connectivity index is 2.08. The Hall–Kier alpha value is -1.57. The monoisotopic (exact) mass is 216 g/mol. The number of carbonyl (C=O) groups excluding carboxylic acids is 1. The lowest BCUT2D eigenvalue weighted by molar-refractivity contribution is -0.137. The van der Waals surface area contributed by atoms with Gasteiger partial charge < -0.3 is 4.74 Å². The third kappa shape index (κ3) is 2.51. The van der Waals surface area contributed by atoms with Gasteiger partial charge in [-0.15, -0.1) is 0 Å². The van der Waals surface area contributed by atoms with E-state index in [0.29, 0.717) is 6.61 Å². The summed E-state index contributed by atoms with van der Waals surface area (Å²) in [5, 5.41) is 0. The Labute approximate surface area is 95.9 Å². The Morgan fingerprint density at radius 3 is 3.00 bits per heavy atom. The maximum atomic E-state index is 11.1. The molecule has 0 saturated heterocycles. The fourth-order valence-electron chi connectivity index (χ4n) is 2.05. The van der Waals surface area contributed by atoms with E-state index >= 15 is 0 Å². The predicted molar refractivity (Wildman–Crippen MR) is 64.1 cm³/mol. The first kappa shape index (κ1) is 10.9. The number of benzene rings is 1. The van der Waals surface area contributed by atoms with E-state index in [1.165, 1.54) is 30.0 Å². The molecule has 0 bridgehead atoms. The van der Waals surface area contributed by atoms with Crippen molar-refractivity contribution in [3.8, 4) is 0 Å². The van der Waals surface area contributed by atoms with Crippen molar-refractivity contribution in [1.82, 2.24) is 0 Å². The largest absolute Gasteiger partial charge is 0.463 e. The van der Waals surface area contributed by atoms with Gasteiger partial charge in [0.2, 0.25) is 0 Å². The fourth-order valence-corrected chi connectivity index (χ4v) is 2.05. The van der Waals surface area contributed by atoms with Crippen molar-refractivity contribution < 1.29 is 9.53 Å². The molecule has 2 nitrogen and oxygen atoms in total. The van der Waals surface area contributed by atoms with Gasteiger partial charge in [0.15, 0.2) is 0 Å². The minimum atomic E-state index is -0.275. The molecule has 0 heterocycles. The zero-order valence-electron chi connectivity index (χ0n) is 9.53. The summed E-state index contributed by atoms with van der Waals surface area (Å²) in [7, 11) is 0. The number of rotatable bonds is 3. The van der Waals surface area contributed by atoms with Crippen molar-refractivity contribution in [3.05, 3.63) is 41.0 Å². The van der Waals surface area contributed by atoms with Crippen LogP contribution in [0.5, 0.6) is 0 Å². The Kier molecular flexibility index (Phi) is 3.40. The number of hydrogen-bond donors (Lipinski definition) is 0. The molecule has 0 aliphatic heterocycles. The normalized spacial score (nSPS) is 14.1. The van der Waals surface area contributed by atoms with Crippen molar-refractivity contribution in [3.63, 3.8) is 0 Å². The smallest absolute Gasteiger partial charge is 0.330 e. The zero-order valence-corrected chi connectivity index (χ0v) is 9.53. The molecule has 0 atom stereocenters. The molecule has 0 aromatic heterocycles. The first-order valence-electron chi connectivity index (χ1n) is 5.76. The van der Waals surface area contributed by atoms with Gasteiger partial charge in [-0.3, -0.25) is 0 Å². The molecule has 0 spiro atoms. The maximum Gasteiger partial charge on any atom is 0.330 e. The Morgan fingerprint density at radius 2 is 2.19 bits per heavy atom. The average Bonchev–Trinajstić information content (AvgIpc) is 2.74. The third-order valence-corrected chi connectivity index (χ3v) is 2.82. The molecular formula is C14H16O2. The van der Waals surface area contributed by atoms with Gasteiger partial charge in [-0.25, -0.2) is 4.79 Å². The van der Waals surface area contributed by atoms with Gasteiger partial charge in [-0.1, -0.05) is 18.2 Å². The van der Waals surface area contributed by atoms with Crippen LogP contribution in [0.2, 0.25) is 0 Å². The lowest BCUT2D eigenvalue weighted by atomic mass is 10.1. The standard InChI is InChI=1S/C14H16O2/c1-2-16-14(15)9-7-11-6-8-12-4-3-5-13(12)10-11/h6-10H,2-5H2,1H3/b9-7+. The van der Waals surface area contributed by atoms with E-state index in [2.05, 4.69) is 18.2 Å². The summed E-state index contributed by atoms with van der Waals surface area (Å²) in [5.41, 5.74) is 3.95. The van der Waals surface area contributed by atoms with Gasteiger partial charge in [0.25, 0.3) is 0 Å². The predicted octanol–water partition coefficient (Wildman–Crippen LogP) is 2.75. The molecule has 2 heteroatoms. The molecule has 0 amide bonds. The molecule has 2 rings (SSSR count). The quantitative estimate of drug-likeness (QED) is 0.573. The summed E-state index contributed by atoms with van der Waals surface area (Å²) in [4.78, 5) is 11.1. The van der Waals surface area contributed by atoms with E-state index < -0.39 is 0 Å². The highest BCUT2D eigenvalue weighted by atomic mass is 16.5. The highest BCUT2D eigenvalue weighted by Crippen LogP contribution is 2.23. The highest BCUT2D eigenvalue weighted by Gasteiger charge is 2.09. The first-order valence-corrected chi connectivity index (χ1v) is 5.76.